The minimum Gasteiger partial charge on any atom is -0.472 e. The van der Waals surface area contributed by atoms with Crippen LogP contribution in [0.4, 0.5) is 26.3 Å². The van der Waals surface area contributed by atoms with Crippen molar-refractivity contribution in [2.24, 2.45) is 0 Å². The van der Waals surface area contributed by atoms with E-state index in [0.717, 1.165) is 26.4 Å². The maximum absolute atomic E-state index is 13.7. The number of alkyl halides is 6. The lowest BCUT2D eigenvalue weighted by atomic mass is 9.83. The molecular weight excluding hydrogens is 446 g/mol. The number of hydrogen-bond donors (Lipinski definition) is 0. The Balaban J connectivity index is 2.86. The van der Waals surface area contributed by atoms with Gasteiger partial charge >= 0.3 is 24.3 Å². The highest BCUT2D eigenvalue weighted by Crippen LogP contribution is 2.51. The van der Waals surface area contributed by atoms with Gasteiger partial charge in [0.15, 0.2) is 0 Å². The van der Waals surface area contributed by atoms with Crippen LogP contribution in [-0.2, 0) is 23.8 Å². The Labute approximate surface area is 170 Å². The minimum atomic E-state index is -5.42. The molecule has 0 saturated carbocycles. The molecule has 2 unspecified atom stereocenters. The van der Waals surface area contributed by atoms with E-state index in [4.69, 9.17) is 11.6 Å². The smallest absolute Gasteiger partial charge is 0.449 e. The summed E-state index contributed by atoms with van der Waals surface area (Å²) in [6.07, 6.45) is -13.1. The number of methoxy groups -OCH3 is 2. The molecule has 2 atom stereocenters. The summed E-state index contributed by atoms with van der Waals surface area (Å²) < 4.78 is 95.2. The Bertz CT molecular complexity index is 886. The van der Waals surface area contributed by atoms with E-state index >= 15 is 0 Å². The van der Waals surface area contributed by atoms with Crippen molar-refractivity contribution >= 4 is 23.5 Å². The van der Waals surface area contributed by atoms with Gasteiger partial charge < -0.3 is 14.2 Å². The summed E-state index contributed by atoms with van der Waals surface area (Å²) in [5.74, 6) is -6.85. The number of carbonyl (C=O) groups excluding carboxylic acids is 2. The monoisotopic (exact) mass is 458 g/mol. The van der Waals surface area contributed by atoms with Gasteiger partial charge in [0, 0.05) is 16.7 Å². The van der Waals surface area contributed by atoms with Gasteiger partial charge in [0.05, 0.1) is 25.7 Å². The number of ether oxygens (including phenoxy) is 3. The quantitative estimate of drug-likeness (QED) is 0.378. The molecule has 0 fully saturated rings. The Morgan fingerprint density at radius 2 is 1.60 bits per heavy atom. The second kappa shape index (κ2) is 8.58. The lowest BCUT2D eigenvalue weighted by Crippen LogP contribution is -2.30. The van der Waals surface area contributed by atoms with Gasteiger partial charge in [0.25, 0.3) is 0 Å². The van der Waals surface area contributed by atoms with Crippen LogP contribution in [0.15, 0.2) is 47.2 Å². The van der Waals surface area contributed by atoms with Crippen LogP contribution in [0.5, 0.6) is 0 Å². The summed E-state index contributed by atoms with van der Waals surface area (Å²) in [7, 11) is 1.59. The molecule has 1 heterocycles. The SMILES string of the molecule is COC(=O)C=C(C1=C(C(F)(F)F)OC(C(=O)OC)C1c1ccc(Cl)cc1)C(F)(F)F. The summed E-state index contributed by atoms with van der Waals surface area (Å²) in [4.78, 5) is 23.6. The molecule has 1 aromatic rings. The van der Waals surface area contributed by atoms with Crippen molar-refractivity contribution < 1.29 is 50.1 Å². The second-order valence-electron chi connectivity index (χ2n) is 5.91. The summed E-state index contributed by atoms with van der Waals surface area (Å²) in [5.41, 5.74) is -3.56. The molecule has 1 aromatic carbocycles. The lowest BCUT2D eigenvalue weighted by Gasteiger charge is -2.22. The Morgan fingerprint density at radius 1 is 1.03 bits per heavy atom. The van der Waals surface area contributed by atoms with Crippen LogP contribution in [0.1, 0.15) is 11.5 Å². The van der Waals surface area contributed by atoms with E-state index in [1.807, 2.05) is 0 Å². The number of halogens is 7. The third-order valence-corrected chi connectivity index (χ3v) is 4.33. The van der Waals surface area contributed by atoms with Crippen LogP contribution in [-0.4, -0.2) is 44.6 Å². The minimum absolute atomic E-state index is 0.132. The molecule has 0 radical (unpaired) electrons. The topological polar surface area (TPSA) is 61.8 Å². The molecule has 164 valence electrons. The van der Waals surface area contributed by atoms with Crippen LogP contribution in [0.3, 0.4) is 0 Å². The molecule has 0 aliphatic carbocycles. The molecule has 1 aliphatic heterocycles. The molecule has 5 nitrogen and oxygen atoms in total. The molecule has 0 aromatic heterocycles. The van der Waals surface area contributed by atoms with Crippen molar-refractivity contribution in [2.45, 2.75) is 24.4 Å². The summed E-state index contributed by atoms with van der Waals surface area (Å²) in [5, 5.41) is 0.148. The number of rotatable bonds is 4. The highest BCUT2D eigenvalue weighted by Gasteiger charge is 2.56. The Morgan fingerprint density at radius 3 is 2.03 bits per heavy atom. The fourth-order valence-electron chi connectivity index (χ4n) is 2.86. The first-order chi connectivity index (χ1) is 13.8. The van der Waals surface area contributed by atoms with Crippen LogP contribution < -0.4 is 0 Å². The van der Waals surface area contributed by atoms with Crippen LogP contribution in [0.2, 0.25) is 5.02 Å². The zero-order chi connectivity index (χ0) is 22.9. The van der Waals surface area contributed by atoms with Gasteiger partial charge in [0.2, 0.25) is 11.9 Å². The standard InChI is InChI=1S/C18H13ClF6O5/c1-28-11(26)7-10(17(20,21)22)13-12(8-3-5-9(19)6-4-8)14(16(27)29-2)30-15(13)18(23,24)25/h3-7,12,14H,1-2H3. The number of allylic oxidation sites excluding steroid dienone is 2. The molecule has 30 heavy (non-hydrogen) atoms. The normalized spacial score (nSPS) is 20.1. The fraction of sp³-hybridized carbons (Fsp3) is 0.333. The first-order valence-electron chi connectivity index (χ1n) is 7.99. The molecule has 0 spiro atoms. The maximum atomic E-state index is 13.7. The zero-order valence-corrected chi connectivity index (χ0v) is 16.0. The molecule has 2 rings (SSSR count). The summed E-state index contributed by atoms with van der Waals surface area (Å²) >= 11 is 5.74. The van der Waals surface area contributed by atoms with E-state index in [2.05, 4.69) is 14.2 Å². The van der Waals surface area contributed by atoms with E-state index < -0.39 is 53.2 Å². The third kappa shape index (κ3) is 4.89. The predicted octanol–water partition coefficient (Wildman–Crippen LogP) is 4.47. The largest absolute Gasteiger partial charge is 0.472 e. The van der Waals surface area contributed by atoms with Crippen LogP contribution in [0, 0.1) is 0 Å². The maximum Gasteiger partial charge on any atom is 0.449 e. The zero-order valence-electron chi connectivity index (χ0n) is 15.2. The number of hydrogen-bond acceptors (Lipinski definition) is 5. The van der Waals surface area contributed by atoms with Crippen molar-refractivity contribution in [1.82, 2.24) is 0 Å². The van der Waals surface area contributed by atoms with E-state index in [1.165, 1.54) is 12.1 Å². The van der Waals surface area contributed by atoms with Gasteiger partial charge in [-0.15, -0.1) is 0 Å². The fourth-order valence-corrected chi connectivity index (χ4v) is 2.99. The van der Waals surface area contributed by atoms with Crippen molar-refractivity contribution in [3.8, 4) is 0 Å². The summed E-state index contributed by atoms with van der Waals surface area (Å²) in [6.45, 7) is 0. The average molecular weight is 459 g/mol. The van der Waals surface area contributed by atoms with Gasteiger partial charge in [-0.1, -0.05) is 23.7 Å². The molecular formula is C18H13ClF6O5. The van der Waals surface area contributed by atoms with E-state index in [0.29, 0.717) is 0 Å². The van der Waals surface area contributed by atoms with Crippen molar-refractivity contribution in [1.29, 1.82) is 0 Å². The number of carbonyl (C=O) groups is 2. The molecule has 0 saturated heterocycles. The number of esters is 2. The van der Waals surface area contributed by atoms with Crippen LogP contribution >= 0.6 is 11.6 Å². The van der Waals surface area contributed by atoms with E-state index in [-0.39, 0.29) is 16.7 Å². The Kier molecular flexibility index (Phi) is 6.75. The van der Waals surface area contributed by atoms with Gasteiger partial charge in [-0.25, -0.2) is 9.59 Å². The lowest BCUT2D eigenvalue weighted by molar-refractivity contribution is -0.161. The highest BCUT2D eigenvalue weighted by molar-refractivity contribution is 6.30. The van der Waals surface area contributed by atoms with E-state index in [1.54, 1.807) is 0 Å². The molecule has 0 bridgehead atoms. The van der Waals surface area contributed by atoms with Gasteiger partial charge in [-0.2, -0.15) is 26.3 Å². The first-order valence-corrected chi connectivity index (χ1v) is 8.37. The van der Waals surface area contributed by atoms with Gasteiger partial charge in [-0.3, -0.25) is 0 Å². The molecule has 1 aliphatic rings. The molecule has 0 N–H and O–H groups in total. The van der Waals surface area contributed by atoms with Crippen molar-refractivity contribution in [3.05, 3.63) is 57.8 Å². The first kappa shape index (κ1) is 23.6. The number of benzene rings is 1. The second-order valence-corrected chi connectivity index (χ2v) is 6.35. The van der Waals surface area contributed by atoms with Crippen molar-refractivity contribution in [2.75, 3.05) is 14.2 Å². The summed E-state index contributed by atoms with van der Waals surface area (Å²) in [6, 6.07) is 4.70. The van der Waals surface area contributed by atoms with E-state index in [9.17, 15) is 35.9 Å². The third-order valence-electron chi connectivity index (χ3n) is 4.08. The van der Waals surface area contributed by atoms with Crippen molar-refractivity contribution in [3.63, 3.8) is 0 Å². The van der Waals surface area contributed by atoms with Gasteiger partial charge in [0.1, 0.15) is 0 Å². The predicted molar refractivity (Wildman–Crippen MR) is 90.3 cm³/mol. The van der Waals surface area contributed by atoms with Gasteiger partial charge in [-0.05, 0) is 17.7 Å². The van der Waals surface area contributed by atoms with Crippen LogP contribution in [0.25, 0.3) is 0 Å². The molecule has 0 amide bonds. The molecule has 12 heteroatoms. The average Bonchev–Trinajstić information content (AvgIpc) is 3.05. The highest BCUT2D eigenvalue weighted by atomic mass is 35.5. The Hall–Kier alpha value is -2.69.